The molecular weight excluding hydrogens is 296 g/mol. The third kappa shape index (κ3) is 3.37. The summed E-state index contributed by atoms with van der Waals surface area (Å²) in [5.74, 6) is 0. The lowest BCUT2D eigenvalue weighted by Gasteiger charge is -2.19. The SMILES string of the molecule is CC(N[C@H](C)c1cccc(Br)c1)c1nccs1. The zero-order chi connectivity index (χ0) is 12.3. The average Bonchev–Trinajstić information content (AvgIpc) is 2.82. The van der Waals surface area contributed by atoms with Crippen molar-refractivity contribution in [2.45, 2.75) is 25.9 Å². The molecule has 0 bridgehead atoms. The van der Waals surface area contributed by atoms with E-state index in [4.69, 9.17) is 0 Å². The molecule has 1 aromatic carbocycles. The molecule has 2 aromatic rings. The van der Waals surface area contributed by atoms with Gasteiger partial charge in [-0.15, -0.1) is 11.3 Å². The lowest BCUT2D eigenvalue weighted by Crippen LogP contribution is -2.22. The maximum atomic E-state index is 4.33. The van der Waals surface area contributed by atoms with Crippen molar-refractivity contribution in [3.63, 3.8) is 0 Å². The van der Waals surface area contributed by atoms with E-state index in [9.17, 15) is 0 Å². The number of aromatic nitrogens is 1. The highest BCUT2D eigenvalue weighted by molar-refractivity contribution is 9.10. The fourth-order valence-electron chi connectivity index (χ4n) is 1.77. The van der Waals surface area contributed by atoms with Crippen molar-refractivity contribution in [3.8, 4) is 0 Å². The summed E-state index contributed by atoms with van der Waals surface area (Å²) in [5, 5.41) is 6.70. The Kier molecular flexibility index (Phi) is 4.31. The summed E-state index contributed by atoms with van der Waals surface area (Å²) in [4.78, 5) is 4.33. The highest BCUT2D eigenvalue weighted by Gasteiger charge is 2.12. The van der Waals surface area contributed by atoms with Gasteiger partial charge >= 0.3 is 0 Å². The molecular formula is C13H15BrN2S. The maximum Gasteiger partial charge on any atom is 0.109 e. The molecule has 0 saturated carbocycles. The van der Waals surface area contributed by atoms with E-state index in [-0.39, 0.29) is 6.04 Å². The first-order valence-corrected chi connectivity index (χ1v) is 7.25. The molecule has 2 nitrogen and oxygen atoms in total. The standard InChI is InChI=1S/C13H15BrN2S/c1-9(11-4-3-5-12(14)8-11)16-10(2)13-15-6-7-17-13/h3-10,16H,1-2H3/t9-,10?/m1/s1. The first kappa shape index (κ1) is 12.7. The van der Waals surface area contributed by atoms with Crippen molar-refractivity contribution in [1.82, 2.24) is 10.3 Å². The molecule has 0 aliphatic carbocycles. The van der Waals surface area contributed by atoms with Crippen LogP contribution in [0.15, 0.2) is 40.3 Å². The van der Waals surface area contributed by atoms with E-state index < -0.39 is 0 Å². The largest absolute Gasteiger partial charge is 0.302 e. The number of hydrogen-bond donors (Lipinski definition) is 1. The van der Waals surface area contributed by atoms with E-state index in [1.807, 2.05) is 17.6 Å². The molecule has 1 heterocycles. The number of thiazole rings is 1. The van der Waals surface area contributed by atoms with Gasteiger partial charge in [-0.1, -0.05) is 28.1 Å². The van der Waals surface area contributed by atoms with Crippen LogP contribution in [-0.2, 0) is 0 Å². The van der Waals surface area contributed by atoms with Gasteiger partial charge in [0.25, 0.3) is 0 Å². The van der Waals surface area contributed by atoms with Gasteiger partial charge in [-0.25, -0.2) is 4.98 Å². The van der Waals surface area contributed by atoms with E-state index in [1.165, 1.54) is 5.56 Å². The van der Waals surface area contributed by atoms with Crippen molar-refractivity contribution < 1.29 is 0 Å². The van der Waals surface area contributed by atoms with Crippen molar-refractivity contribution in [3.05, 3.63) is 50.9 Å². The van der Waals surface area contributed by atoms with Gasteiger partial charge < -0.3 is 5.32 Å². The third-order valence-corrected chi connectivity index (χ3v) is 4.12. The Labute approximate surface area is 114 Å². The van der Waals surface area contributed by atoms with Crippen LogP contribution < -0.4 is 5.32 Å². The molecule has 0 spiro atoms. The van der Waals surface area contributed by atoms with E-state index in [2.05, 4.69) is 58.3 Å². The zero-order valence-electron chi connectivity index (χ0n) is 9.85. The average molecular weight is 311 g/mol. The monoisotopic (exact) mass is 310 g/mol. The van der Waals surface area contributed by atoms with Crippen LogP contribution >= 0.6 is 27.3 Å². The normalized spacial score (nSPS) is 14.5. The Morgan fingerprint density at radius 2 is 2.12 bits per heavy atom. The fourth-order valence-corrected chi connectivity index (χ4v) is 2.84. The number of rotatable bonds is 4. The maximum absolute atomic E-state index is 4.33. The van der Waals surface area contributed by atoms with Gasteiger partial charge in [0.2, 0.25) is 0 Å². The first-order chi connectivity index (χ1) is 8.16. The van der Waals surface area contributed by atoms with Crippen LogP contribution in [0.1, 0.15) is 36.5 Å². The molecule has 1 N–H and O–H groups in total. The van der Waals surface area contributed by atoms with Crippen LogP contribution in [-0.4, -0.2) is 4.98 Å². The van der Waals surface area contributed by atoms with Crippen LogP contribution in [0.4, 0.5) is 0 Å². The molecule has 0 saturated heterocycles. The highest BCUT2D eigenvalue weighted by Crippen LogP contribution is 2.22. The summed E-state index contributed by atoms with van der Waals surface area (Å²) in [5.41, 5.74) is 1.28. The number of halogens is 1. The van der Waals surface area contributed by atoms with Gasteiger partial charge in [-0.05, 0) is 31.5 Å². The summed E-state index contributed by atoms with van der Waals surface area (Å²) in [6.45, 7) is 4.32. The molecule has 1 aromatic heterocycles. The van der Waals surface area contributed by atoms with Crippen LogP contribution in [0.2, 0.25) is 0 Å². The van der Waals surface area contributed by atoms with Crippen LogP contribution in [0.3, 0.4) is 0 Å². The topological polar surface area (TPSA) is 24.9 Å². The van der Waals surface area contributed by atoms with Crippen LogP contribution in [0, 0.1) is 0 Å². The second-order valence-corrected chi connectivity index (χ2v) is 5.88. The zero-order valence-corrected chi connectivity index (χ0v) is 12.3. The third-order valence-electron chi connectivity index (χ3n) is 2.67. The van der Waals surface area contributed by atoms with Gasteiger partial charge in [0, 0.05) is 22.1 Å². The van der Waals surface area contributed by atoms with E-state index in [0.29, 0.717) is 6.04 Å². The molecule has 2 atom stereocenters. The quantitative estimate of drug-likeness (QED) is 0.909. The Morgan fingerprint density at radius 1 is 1.29 bits per heavy atom. The Morgan fingerprint density at radius 3 is 2.76 bits per heavy atom. The summed E-state index contributed by atoms with van der Waals surface area (Å²) in [6.07, 6.45) is 1.85. The molecule has 0 fully saturated rings. The number of nitrogens with one attached hydrogen (secondary N) is 1. The molecule has 4 heteroatoms. The highest BCUT2D eigenvalue weighted by atomic mass is 79.9. The van der Waals surface area contributed by atoms with Crippen molar-refractivity contribution in [2.75, 3.05) is 0 Å². The molecule has 1 unspecified atom stereocenters. The molecule has 2 rings (SSSR count). The minimum absolute atomic E-state index is 0.281. The van der Waals surface area contributed by atoms with Gasteiger partial charge in [0.15, 0.2) is 0 Å². The second-order valence-electron chi connectivity index (χ2n) is 4.04. The fraction of sp³-hybridized carbons (Fsp3) is 0.308. The Balaban J connectivity index is 2.04. The molecule has 90 valence electrons. The number of nitrogens with zero attached hydrogens (tertiary/aromatic N) is 1. The van der Waals surface area contributed by atoms with E-state index >= 15 is 0 Å². The van der Waals surface area contributed by atoms with Gasteiger partial charge in [0.05, 0.1) is 6.04 Å². The molecule has 0 aliphatic rings. The lowest BCUT2D eigenvalue weighted by molar-refractivity contribution is 0.493. The van der Waals surface area contributed by atoms with Crippen molar-refractivity contribution in [2.24, 2.45) is 0 Å². The predicted molar refractivity (Wildman–Crippen MR) is 76.2 cm³/mol. The molecule has 0 radical (unpaired) electrons. The lowest BCUT2D eigenvalue weighted by atomic mass is 10.1. The first-order valence-electron chi connectivity index (χ1n) is 5.57. The summed E-state index contributed by atoms with van der Waals surface area (Å²) >= 11 is 5.19. The van der Waals surface area contributed by atoms with E-state index in [0.717, 1.165) is 9.48 Å². The smallest absolute Gasteiger partial charge is 0.109 e. The Hall–Kier alpha value is -0.710. The Bertz CT molecular complexity index is 470. The van der Waals surface area contributed by atoms with Crippen LogP contribution in [0.25, 0.3) is 0 Å². The second kappa shape index (κ2) is 5.76. The minimum atomic E-state index is 0.281. The van der Waals surface area contributed by atoms with Crippen molar-refractivity contribution in [1.29, 1.82) is 0 Å². The summed E-state index contributed by atoms with van der Waals surface area (Å²) in [7, 11) is 0. The number of benzene rings is 1. The summed E-state index contributed by atoms with van der Waals surface area (Å²) < 4.78 is 1.12. The van der Waals surface area contributed by atoms with Crippen LogP contribution in [0.5, 0.6) is 0 Å². The molecule has 0 amide bonds. The van der Waals surface area contributed by atoms with Gasteiger partial charge in [-0.2, -0.15) is 0 Å². The molecule has 17 heavy (non-hydrogen) atoms. The summed E-state index contributed by atoms with van der Waals surface area (Å²) in [6, 6.07) is 8.98. The van der Waals surface area contributed by atoms with Crippen molar-refractivity contribution >= 4 is 27.3 Å². The molecule has 0 aliphatic heterocycles. The van der Waals surface area contributed by atoms with E-state index in [1.54, 1.807) is 11.3 Å². The number of hydrogen-bond acceptors (Lipinski definition) is 3. The minimum Gasteiger partial charge on any atom is -0.302 e. The van der Waals surface area contributed by atoms with Gasteiger partial charge in [0.1, 0.15) is 5.01 Å². The predicted octanol–water partition coefficient (Wildman–Crippen LogP) is 4.32. The van der Waals surface area contributed by atoms with Gasteiger partial charge in [-0.3, -0.25) is 0 Å².